The van der Waals surface area contributed by atoms with E-state index in [9.17, 15) is 9.59 Å². The molecule has 0 aromatic carbocycles. The summed E-state index contributed by atoms with van der Waals surface area (Å²) in [5.74, 6) is 0.451. The van der Waals surface area contributed by atoms with E-state index in [-0.39, 0.29) is 11.7 Å². The number of nitrogens with one attached hydrogen (secondary N) is 2. The quantitative estimate of drug-likeness (QED) is 0.635. The standard InChI is InChI=1S/C11H14N2O4/c1-16-11(15)9-3-2-8(17-9)6-13-5-4-12-10(14)7-13/h2-3H,4-7H2,1H3,(H,12,14)/p+1. The van der Waals surface area contributed by atoms with E-state index in [0.29, 0.717) is 25.4 Å². The van der Waals surface area contributed by atoms with Crippen LogP contribution in [0.3, 0.4) is 0 Å². The third-order valence-corrected chi connectivity index (χ3v) is 2.68. The molecular weight excluding hydrogens is 224 g/mol. The van der Waals surface area contributed by atoms with Gasteiger partial charge in [0, 0.05) is 0 Å². The van der Waals surface area contributed by atoms with Gasteiger partial charge >= 0.3 is 5.97 Å². The van der Waals surface area contributed by atoms with Crippen molar-refractivity contribution in [2.24, 2.45) is 0 Å². The summed E-state index contributed by atoms with van der Waals surface area (Å²) in [5, 5.41) is 2.77. The van der Waals surface area contributed by atoms with Gasteiger partial charge in [-0.25, -0.2) is 4.79 Å². The molecule has 0 radical (unpaired) electrons. The van der Waals surface area contributed by atoms with Crippen LogP contribution in [-0.2, 0) is 16.1 Å². The normalized spacial score (nSPS) is 19.8. The number of methoxy groups -OCH3 is 1. The molecule has 1 aliphatic rings. The molecule has 92 valence electrons. The van der Waals surface area contributed by atoms with Crippen LogP contribution in [0.4, 0.5) is 0 Å². The van der Waals surface area contributed by atoms with Gasteiger partial charge in [-0.15, -0.1) is 0 Å². The van der Waals surface area contributed by atoms with Gasteiger partial charge in [-0.05, 0) is 12.1 Å². The molecule has 6 nitrogen and oxygen atoms in total. The van der Waals surface area contributed by atoms with Crippen molar-refractivity contribution in [3.63, 3.8) is 0 Å². The summed E-state index contributed by atoms with van der Waals surface area (Å²) in [6.07, 6.45) is 0. The Morgan fingerprint density at radius 2 is 2.41 bits per heavy atom. The molecule has 17 heavy (non-hydrogen) atoms. The lowest BCUT2D eigenvalue weighted by atomic mass is 10.3. The molecule has 0 aliphatic carbocycles. The monoisotopic (exact) mass is 239 g/mol. The first-order valence-electron chi connectivity index (χ1n) is 5.46. The van der Waals surface area contributed by atoms with E-state index in [0.717, 1.165) is 11.4 Å². The molecule has 1 amide bonds. The van der Waals surface area contributed by atoms with Gasteiger partial charge in [0.05, 0.1) is 20.2 Å². The summed E-state index contributed by atoms with van der Waals surface area (Å²) in [6, 6.07) is 3.33. The van der Waals surface area contributed by atoms with Crippen molar-refractivity contribution in [1.82, 2.24) is 5.32 Å². The second-order valence-electron chi connectivity index (χ2n) is 3.96. The molecule has 1 saturated heterocycles. The van der Waals surface area contributed by atoms with E-state index >= 15 is 0 Å². The molecule has 1 aromatic rings. The number of carbonyl (C=O) groups excluding carboxylic acids is 2. The highest BCUT2D eigenvalue weighted by Crippen LogP contribution is 2.07. The van der Waals surface area contributed by atoms with Crippen molar-refractivity contribution in [2.45, 2.75) is 6.54 Å². The summed E-state index contributed by atoms with van der Waals surface area (Å²) in [5.41, 5.74) is 0. The largest absolute Gasteiger partial charge is 0.463 e. The first-order chi connectivity index (χ1) is 8.19. The van der Waals surface area contributed by atoms with Crippen molar-refractivity contribution < 1.29 is 23.6 Å². The Morgan fingerprint density at radius 3 is 3.12 bits per heavy atom. The molecule has 2 heterocycles. The minimum absolute atomic E-state index is 0.0472. The number of hydrogen-bond donors (Lipinski definition) is 2. The van der Waals surface area contributed by atoms with Crippen molar-refractivity contribution in [1.29, 1.82) is 0 Å². The number of furan rings is 1. The lowest BCUT2D eigenvalue weighted by Crippen LogP contribution is -3.14. The van der Waals surface area contributed by atoms with Gasteiger partial charge in [0.2, 0.25) is 5.76 Å². The van der Waals surface area contributed by atoms with Gasteiger partial charge in [0.1, 0.15) is 6.54 Å². The van der Waals surface area contributed by atoms with Crippen LogP contribution in [-0.4, -0.2) is 38.6 Å². The molecule has 2 rings (SSSR count). The summed E-state index contributed by atoms with van der Waals surface area (Å²) < 4.78 is 9.90. The number of rotatable bonds is 3. The van der Waals surface area contributed by atoms with E-state index in [2.05, 4.69) is 10.1 Å². The number of amides is 1. The maximum atomic E-state index is 11.2. The average molecular weight is 239 g/mol. The molecule has 0 spiro atoms. The molecule has 0 saturated carbocycles. The Bertz CT molecular complexity index is 427. The summed E-state index contributed by atoms with van der Waals surface area (Å²) in [7, 11) is 1.31. The van der Waals surface area contributed by atoms with E-state index in [1.54, 1.807) is 12.1 Å². The van der Waals surface area contributed by atoms with Gasteiger partial charge in [0.15, 0.2) is 12.3 Å². The maximum absolute atomic E-state index is 11.2. The van der Waals surface area contributed by atoms with Gasteiger partial charge < -0.3 is 19.4 Å². The van der Waals surface area contributed by atoms with Crippen molar-refractivity contribution in [3.05, 3.63) is 23.7 Å². The number of carbonyl (C=O) groups is 2. The first kappa shape index (κ1) is 11.7. The van der Waals surface area contributed by atoms with Crippen LogP contribution in [0.5, 0.6) is 0 Å². The molecule has 2 N–H and O–H groups in total. The van der Waals surface area contributed by atoms with Gasteiger partial charge in [0.25, 0.3) is 5.91 Å². The van der Waals surface area contributed by atoms with Gasteiger partial charge in [-0.3, -0.25) is 4.79 Å². The topological polar surface area (TPSA) is 73.0 Å². The summed E-state index contributed by atoms with van der Waals surface area (Å²) in [4.78, 5) is 23.5. The van der Waals surface area contributed by atoms with Crippen molar-refractivity contribution in [2.75, 3.05) is 26.7 Å². The molecule has 1 aromatic heterocycles. The highest BCUT2D eigenvalue weighted by molar-refractivity contribution is 5.86. The zero-order valence-electron chi connectivity index (χ0n) is 9.62. The lowest BCUT2D eigenvalue weighted by molar-refractivity contribution is -0.908. The minimum Gasteiger partial charge on any atom is -0.463 e. The van der Waals surface area contributed by atoms with Crippen LogP contribution in [0.2, 0.25) is 0 Å². The number of esters is 1. The van der Waals surface area contributed by atoms with Crippen molar-refractivity contribution >= 4 is 11.9 Å². The third kappa shape index (κ3) is 2.85. The van der Waals surface area contributed by atoms with Crippen LogP contribution >= 0.6 is 0 Å². The van der Waals surface area contributed by atoms with Crippen LogP contribution in [0, 0.1) is 0 Å². The molecule has 1 atom stereocenters. The van der Waals surface area contributed by atoms with Gasteiger partial charge in [-0.2, -0.15) is 0 Å². The average Bonchev–Trinajstić information content (AvgIpc) is 2.76. The van der Waals surface area contributed by atoms with E-state index in [1.165, 1.54) is 7.11 Å². The zero-order valence-corrected chi connectivity index (χ0v) is 9.62. The number of piperazine rings is 1. The Hall–Kier alpha value is -1.82. The Labute approximate surface area is 98.5 Å². The molecule has 1 fully saturated rings. The fourth-order valence-electron chi connectivity index (χ4n) is 1.84. The summed E-state index contributed by atoms with van der Waals surface area (Å²) in [6.45, 7) is 2.58. The second kappa shape index (κ2) is 5.01. The SMILES string of the molecule is COC(=O)c1ccc(C[NH+]2CCNC(=O)C2)o1. The van der Waals surface area contributed by atoms with Crippen molar-refractivity contribution in [3.8, 4) is 0 Å². The van der Waals surface area contributed by atoms with Crippen LogP contribution in [0.15, 0.2) is 16.5 Å². The van der Waals surface area contributed by atoms with E-state index < -0.39 is 5.97 Å². The minimum atomic E-state index is -0.484. The fourth-order valence-corrected chi connectivity index (χ4v) is 1.84. The number of quaternary nitrogens is 1. The first-order valence-corrected chi connectivity index (χ1v) is 5.46. The number of ether oxygens (including phenoxy) is 1. The van der Waals surface area contributed by atoms with Crippen LogP contribution in [0.25, 0.3) is 0 Å². The molecule has 6 heteroatoms. The summed E-state index contributed by atoms with van der Waals surface area (Å²) >= 11 is 0. The highest BCUT2D eigenvalue weighted by atomic mass is 16.5. The van der Waals surface area contributed by atoms with Crippen LogP contribution < -0.4 is 10.2 Å². The molecular formula is C11H15N2O4+. The maximum Gasteiger partial charge on any atom is 0.373 e. The zero-order chi connectivity index (χ0) is 12.3. The fraction of sp³-hybridized carbons (Fsp3) is 0.455. The predicted octanol–water partition coefficient (Wildman–Crippen LogP) is -1.42. The predicted molar refractivity (Wildman–Crippen MR) is 57.5 cm³/mol. The smallest absolute Gasteiger partial charge is 0.373 e. The van der Waals surface area contributed by atoms with Crippen LogP contribution in [0.1, 0.15) is 16.3 Å². The third-order valence-electron chi connectivity index (χ3n) is 2.68. The Morgan fingerprint density at radius 1 is 1.59 bits per heavy atom. The van der Waals surface area contributed by atoms with E-state index in [4.69, 9.17) is 4.42 Å². The van der Waals surface area contributed by atoms with Gasteiger partial charge in [-0.1, -0.05) is 0 Å². The van der Waals surface area contributed by atoms with E-state index in [1.807, 2.05) is 0 Å². The molecule has 1 aliphatic heterocycles. The Balaban J connectivity index is 1.96. The second-order valence-corrected chi connectivity index (χ2v) is 3.96. The molecule has 0 bridgehead atoms. The highest BCUT2D eigenvalue weighted by Gasteiger charge is 2.21. The molecule has 1 unspecified atom stereocenters. The number of hydrogen-bond acceptors (Lipinski definition) is 4. The Kier molecular flexibility index (Phi) is 3.43. The lowest BCUT2D eigenvalue weighted by Gasteiger charge is -2.22.